The molecule has 7 nitrogen and oxygen atoms in total. The molecular weight excluding hydrogens is 424 g/mol. The number of aromatic amines is 1. The largest absolute Gasteiger partial charge is 0.465 e. The van der Waals surface area contributed by atoms with Crippen LogP contribution in [0.5, 0.6) is 0 Å². The van der Waals surface area contributed by atoms with Crippen LogP contribution in [0.15, 0.2) is 76.5 Å². The summed E-state index contributed by atoms with van der Waals surface area (Å²) >= 11 is 1.51. The SMILES string of the molecule is CNC(=O)c1ccccc1Sc1ccc2c(C#Cc3ccc(NC(=O)O)cc3)n[nH]c2c1. The molecule has 3 aromatic carbocycles. The molecule has 0 spiro atoms. The molecule has 0 saturated heterocycles. The molecule has 32 heavy (non-hydrogen) atoms. The zero-order valence-corrected chi connectivity index (χ0v) is 17.8. The van der Waals surface area contributed by atoms with E-state index < -0.39 is 6.09 Å². The van der Waals surface area contributed by atoms with Gasteiger partial charge in [0.1, 0.15) is 5.69 Å². The summed E-state index contributed by atoms with van der Waals surface area (Å²) in [6.45, 7) is 0. The van der Waals surface area contributed by atoms with Crippen molar-refractivity contribution in [3.63, 3.8) is 0 Å². The van der Waals surface area contributed by atoms with Crippen LogP contribution in [0.4, 0.5) is 10.5 Å². The van der Waals surface area contributed by atoms with Crippen LogP contribution in [0.3, 0.4) is 0 Å². The normalized spacial score (nSPS) is 10.3. The maximum atomic E-state index is 12.1. The average molecular weight is 443 g/mol. The highest BCUT2D eigenvalue weighted by Gasteiger charge is 2.11. The zero-order valence-electron chi connectivity index (χ0n) is 17.0. The van der Waals surface area contributed by atoms with Crippen LogP contribution in [-0.4, -0.2) is 34.4 Å². The number of nitrogens with zero attached hydrogens (tertiary/aromatic N) is 1. The molecule has 1 heterocycles. The summed E-state index contributed by atoms with van der Waals surface area (Å²) in [5.74, 6) is 5.97. The molecule has 0 atom stereocenters. The monoisotopic (exact) mass is 442 g/mol. The van der Waals surface area contributed by atoms with Crippen molar-refractivity contribution in [3.8, 4) is 11.8 Å². The number of hydrogen-bond donors (Lipinski definition) is 4. The van der Waals surface area contributed by atoms with Crippen LogP contribution in [0.25, 0.3) is 10.9 Å². The predicted octanol–water partition coefficient (Wildman–Crippen LogP) is 4.56. The minimum Gasteiger partial charge on any atom is -0.465 e. The highest BCUT2D eigenvalue weighted by atomic mass is 32.2. The van der Waals surface area contributed by atoms with Crippen LogP contribution in [0.2, 0.25) is 0 Å². The Balaban J connectivity index is 1.55. The number of aromatic nitrogens is 2. The van der Waals surface area contributed by atoms with E-state index in [0.29, 0.717) is 16.9 Å². The fraction of sp³-hybridized carbons (Fsp3) is 0.0417. The van der Waals surface area contributed by atoms with Gasteiger partial charge in [0.2, 0.25) is 0 Å². The van der Waals surface area contributed by atoms with Gasteiger partial charge in [0.05, 0.1) is 11.1 Å². The van der Waals surface area contributed by atoms with Gasteiger partial charge in [-0.25, -0.2) is 4.79 Å². The summed E-state index contributed by atoms with van der Waals surface area (Å²) in [5, 5.41) is 21.9. The Kier molecular flexibility index (Phi) is 6.10. The molecule has 4 N–H and O–H groups in total. The fourth-order valence-corrected chi connectivity index (χ4v) is 4.04. The summed E-state index contributed by atoms with van der Waals surface area (Å²) in [6.07, 6.45) is -1.11. The summed E-state index contributed by atoms with van der Waals surface area (Å²) in [7, 11) is 1.62. The van der Waals surface area contributed by atoms with E-state index >= 15 is 0 Å². The van der Waals surface area contributed by atoms with Crippen molar-refractivity contribution in [2.24, 2.45) is 0 Å². The molecule has 0 aliphatic rings. The zero-order chi connectivity index (χ0) is 22.5. The van der Waals surface area contributed by atoms with Gasteiger partial charge in [-0.15, -0.1) is 0 Å². The van der Waals surface area contributed by atoms with Gasteiger partial charge in [-0.05, 0) is 60.5 Å². The predicted molar refractivity (Wildman–Crippen MR) is 124 cm³/mol. The average Bonchev–Trinajstić information content (AvgIpc) is 3.20. The maximum Gasteiger partial charge on any atom is 0.409 e. The molecule has 0 unspecified atom stereocenters. The lowest BCUT2D eigenvalue weighted by atomic mass is 10.2. The number of amides is 2. The van der Waals surface area contributed by atoms with Gasteiger partial charge < -0.3 is 10.4 Å². The van der Waals surface area contributed by atoms with E-state index in [1.54, 1.807) is 37.4 Å². The van der Waals surface area contributed by atoms with E-state index in [-0.39, 0.29) is 5.91 Å². The van der Waals surface area contributed by atoms with Gasteiger partial charge in [0, 0.05) is 33.5 Å². The molecule has 2 amide bonds. The standard InChI is InChI=1S/C24H18N4O3S/c1-25-23(29)19-4-2-3-5-22(19)32-17-11-12-18-20(27-28-21(18)14-17)13-8-15-6-9-16(10-7-15)26-24(30)31/h2-7,9-12,14,26H,1H3,(H,25,29)(H,27,28)(H,30,31). The number of carboxylic acid groups (broad SMARTS) is 1. The van der Waals surface area contributed by atoms with Crippen LogP contribution in [0.1, 0.15) is 21.6 Å². The number of anilines is 1. The van der Waals surface area contributed by atoms with Crippen molar-refractivity contribution >= 4 is 40.4 Å². The van der Waals surface area contributed by atoms with Gasteiger partial charge in [0.15, 0.2) is 0 Å². The second-order valence-electron chi connectivity index (χ2n) is 6.71. The first-order valence-corrected chi connectivity index (χ1v) is 10.4. The van der Waals surface area contributed by atoms with Crippen LogP contribution in [-0.2, 0) is 0 Å². The summed E-state index contributed by atoms with van der Waals surface area (Å²) in [4.78, 5) is 24.6. The van der Waals surface area contributed by atoms with Crippen molar-refractivity contribution in [1.29, 1.82) is 0 Å². The van der Waals surface area contributed by atoms with Crippen molar-refractivity contribution in [2.45, 2.75) is 9.79 Å². The minimum absolute atomic E-state index is 0.125. The van der Waals surface area contributed by atoms with Gasteiger partial charge in [-0.1, -0.05) is 29.8 Å². The second-order valence-corrected chi connectivity index (χ2v) is 7.83. The molecule has 4 rings (SSSR count). The molecule has 1 aromatic heterocycles. The number of nitrogens with one attached hydrogen (secondary N) is 3. The second kappa shape index (κ2) is 9.29. The van der Waals surface area contributed by atoms with Crippen molar-refractivity contribution in [2.75, 3.05) is 12.4 Å². The van der Waals surface area contributed by atoms with Crippen molar-refractivity contribution in [1.82, 2.24) is 15.5 Å². The lowest BCUT2D eigenvalue weighted by Gasteiger charge is -2.07. The Morgan fingerprint density at radius 3 is 2.56 bits per heavy atom. The third kappa shape index (κ3) is 4.74. The highest BCUT2D eigenvalue weighted by molar-refractivity contribution is 7.99. The van der Waals surface area contributed by atoms with Crippen molar-refractivity contribution < 1.29 is 14.7 Å². The lowest BCUT2D eigenvalue weighted by molar-refractivity contribution is 0.0960. The third-order valence-corrected chi connectivity index (χ3v) is 5.65. The Hall–Kier alpha value is -4.22. The molecule has 0 bridgehead atoms. The Morgan fingerprint density at radius 1 is 1.03 bits per heavy atom. The van der Waals surface area contributed by atoms with Gasteiger partial charge in [0.25, 0.3) is 5.91 Å². The number of carbonyl (C=O) groups is 2. The van der Waals surface area contributed by atoms with E-state index in [9.17, 15) is 9.59 Å². The Bertz CT molecular complexity index is 1370. The van der Waals surface area contributed by atoms with E-state index in [0.717, 1.165) is 26.3 Å². The minimum atomic E-state index is -1.11. The van der Waals surface area contributed by atoms with Gasteiger partial charge in [-0.2, -0.15) is 5.10 Å². The Morgan fingerprint density at radius 2 is 1.81 bits per heavy atom. The smallest absolute Gasteiger partial charge is 0.409 e. The summed E-state index contributed by atoms with van der Waals surface area (Å²) < 4.78 is 0. The molecule has 0 aliphatic carbocycles. The first kappa shape index (κ1) is 21.0. The fourth-order valence-electron chi connectivity index (χ4n) is 3.05. The number of hydrogen-bond acceptors (Lipinski definition) is 4. The third-order valence-electron chi connectivity index (χ3n) is 4.58. The van der Waals surface area contributed by atoms with Crippen LogP contribution >= 0.6 is 11.8 Å². The van der Waals surface area contributed by atoms with Gasteiger partial charge in [-0.3, -0.25) is 15.2 Å². The van der Waals surface area contributed by atoms with E-state index in [1.807, 2.05) is 36.4 Å². The number of benzene rings is 3. The van der Waals surface area contributed by atoms with Crippen LogP contribution in [0, 0.1) is 11.8 Å². The van der Waals surface area contributed by atoms with E-state index in [1.165, 1.54) is 11.8 Å². The maximum absolute atomic E-state index is 12.1. The summed E-state index contributed by atoms with van der Waals surface area (Å²) in [5.41, 5.74) is 3.32. The quantitative estimate of drug-likeness (QED) is 0.347. The molecule has 4 aromatic rings. The van der Waals surface area contributed by atoms with E-state index in [4.69, 9.17) is 5.11 Å². The molecule has 0 radical (unpaired) electrons. The first-order valence-electron chi connectivity index (χ1n) is 9.62. The van der Waals surface area contributed by atoms with Crippen LogP contribution < -0.4 is 10.6 Å². The molecule has 8 heteroatoms. The lowest BCUT2D eigenvalue weighted by Crippen LogP contribution is -2.18. The first-order chi connectivity index (χ1) is 15.5. The number of rotatable bonds is 4. The molecular formula is C24H18N4O3S. The molecule has 0 fully saturated rings. The number of fused-ring (bicyclic) bond motifs is 1. The van der Waals surface area contributed by atoms with E-state index in [2.05, 4.69) is 32.7 Å². The molecule has 158 valence electrons. The molecule has 0 saturated carbocycles. The Labute approximate surface area is 188 Å². The molecule has 0 aliphatic heterocycles. The summed E-state index contributed by atoms with van der Waals surface area (Å²) in [6, 6.07) is 20.2. The van der Waals surface area contributed by atoms with Crippen molar-refractivity contribution in [3.05, 3.63) is 83.6 Å². The number of H-pyrrole nitrogens is 1. The van der Waals surface area contributed by atoms with Gasteiger partial charge >= 0.3 is 6.09 Å². The topological polar surface area (TPSA) is 107 Å². The number of carbonyl (C=O) groups excluding carboxylic acids is 1. The highest BCUT2D eigenvalue weighted by Crippen LogP contribution is 2.32.